The Morgan fingerprint density at radius 3 is 2.78 bits per heavy atom. The third-order valence-electron chi connectivity index (χ3n) is 5.08. The summed E-state index contributed by atoms with van der Waals surface area (Å²) in [6.07, 6.45) is 5.47. The van der Waals surface area contributed by atoms with Gasteiger partial charge in [0.1, 0.15) is 0 Å². The summed E-state index contributed by atoms with van der Waals surface area (Å²) >= 11 is 3.41. The molecule has 2 saturated carbocycles. The molecule has 2 aliphatic rings. The van der Waals surface area contributed by atoms with Gasteiger partial charge in [-0.15, -0.1) is 0 Å². The van der Waals surface area contributed by atoms with E-state index in [0.29, 0.717) is 23.9 Å². The molecule has 2 bridgehead atoms. The maximum atomic E-state index is 11.9. The van der Waals surface area contributed by atoms with Crippen LogP contribution in [0.4, 0.5) is 5.69 Å². The van der Waals surface area contributed by atoms with Crippen molar-refractivity contribution < 1.29 is 14.3 Å². The molecular formula is C18H22BrNO3. The molecule has 2 aliphatic carbocycles. The van der Waals surface area contributed by atoms with Crippen LogP contribution in [-0.2, 0) is 14.3 Å². The molecule has 124 valence electrons. The van der Waals surface area contributed by atoms with Gasteiger partial charge in [-0.05, 0) is 77.6 Å². The lowest BCUT2D eigenvalue weighted by molar-refractivity contribution is -0.148. The number of ether oxygens (including phenoxy) is 1. The quantitative estimate of drug-likeness (QED) is 0.784. The van der Waals surface area contributed by atoms with Gasteiger partial charge < -0.3 is 10.1 Å². The lowest BCUT2D eigenvalue weighted by Crippen LogP contribution is -2.23. The van der Waals surface area contributed by atoms with Gasteiger partial charge in [-0.25, -0.2) is 0 Å². The lowest BCUT2D eigenvalue weighted by Gasteiger charge is -2.20. The largest absolute Gasteiger partial charge is 0.456 e. The SMILES string of the molecule is Cc1ccc(NC(=O)COC(=O)C[C@H]2C[C@H]3CC[C@@H]2C3)c(Br)c1. The Morgan fingerprint density at radius 2 is 2.13 bits per heavy atom. The van der Waals surface area contributed by atoms with Crippen molar-refractivity contribution in [3.8, 4) is 0 Å². The van der Waals surface area contributed by atoms with Gasteiger partial charge in [0.2, 0.25) is 0 Å². The van der Waals surface area contributed by atoms with Gasteiger partial charge in [-0.3, -0.25) is 9.59 Å². The fourth-order valence-electron chi connectivity index (χ4n) is 3.95. The average Bonchev–Trinajstić information content (AvgIpc) is 3.11. The summed E-state index contributed by atoms with van der Waals surface area (Å²) in [5, 5.41) is 2.75. The molecule has 23 heavy (non-hydrogen) atoms. The number of hydrogen-bond acceptors (Lipinski definition) is 3. The van der Waals surface area contributed by atoms with Crippen molar-refractivity contribution in [1.29, 1.82) is 0 Å². The molecule has 0 heterocycles. The zero-order valence-corrected chi connectivity index (χ0v) is 14.9. The van der Waals surface area contributed by atoms with E-state index < -0.39 is 0 Å². The molecule has 3 atom stereocenters. The number of carbonyl (C=O) groups is 2. The second-order valence-corrected chi connectivity index (χ2v) is 7.69. The van der Waals surface area contributed by atoms with E-state index in [9.17, 15) is 9.59 Å². The molecule has 3 rings (SSSR count). The zero-order valence-electron chi connectivity index (χ0n) is 13.3. The van der Waals surface area contributed by atoms with Crippen LogP contribution in [0.3, 0.4) is 0 Å². The molecule has 0 aromatic heterocycles. The molecular weight excluding hydrogens is 358 g/mol. The number of anilines is 1. The van der Waals surface area contributed by atoms with Crippen LogP contribution in [0.15, 0.2) is 22.7 Å². The standard InChI is InChI=1S/C18H22BrNO3/c1-11-2-5-16(15(19)6-11)20-17(21)10-23-18(22)9-14-8-12-3-4-13(14)7-12/h2,5-6,12-14H,3-4,7-10H2,1H3,(H,20,21)/t12-,13+,14+/m0/s1. The van der Waals surface area contributed by atoms with Crippen LogP contribution in [0.2, 0.25) is 0 Å². The molecule has 5 heteroatoms. The van der Waals surface area contributed by atoms with Crippen molar-refractivity contribution >= 4 is 33.5 Å². The van der Waals surface area contributed by atoms with Gasteiger partial charge in [-0.1, -0.05) is 12.5 Å². The van der Waals surface area contributed by atoms with Crippen molar-refractivity contribution in [3.05, 3.63) is 28.2 Å². The number of halogens is 1. The van der Waals surface area contributed by atoms with E-state index in [0.717, 1.165) is 22.4 Å². The molecule has 0 unspecified atom stereocenters. The van der Waals surface area contributed by atoms with Crippen LogP contribution >= 0.6 is 15.9 Å². The van der Waals surface area contributed by atoms with Crippen molar-refractivity contribution in [3.63, 3.8) is 0 Å². The molecule has 0 saturated heterocycles. The minimum atomic E-state index is -0.309. The van der Waals surface area contributed by atoms with Crippen LogP contribution in [0.1, 0.15) is 37.7 Å². The third kappa shape index (κ3) is 4.14. The summed E-state index contributed by atoms with van der Waals surface area (Å²) in [5.74, 6) is 1.43. The Labute approximate surface area is 145 Å². The summed E-state index contributed by atoms with van der Waals surface area (Å²) < 4.78 is 5.96. The highest BCUT2D eigenvalue weighted by atomic mass is 79.9. The van der Waals surface area contributed by atoms with Gasteiger partial charge >= 0.3 is 5.97 Å². The van der Waals surface area contributed by atoms with Gasteiger partial charge in [0.05, 0.1) is 5.69 Å². The van der Waals surface area contributed by atoms with Crippen LogP contribution < -0.4 is 5.32 Å². The highest BCUT2D eigenvalue weighted by Crippen LogP contribution is 2.49. The number of amides is 1. The monoisotopic (exact) mass is 379 g/mol. The normalized spacial score (nSPS) is 25.4. The number of rotatable bonds is 5. The van der Waals surface area contributed by atoms with Crippen LogP contribution in [0, 0.1) is 24.7 Å². The molecule has 1 aromatic rings. The molecule has 2 fully saturated rings. The summed E-state index contributed by atoms with van der Waals surface area (Å²) in [6, 6.07) is 5.67. The maximum Gasteiger partial charge on any atom is 0.306 e. The minimum absolute atomic E-state index is 0.222. The maximum absolute atomic E-state index is 11.9. The summed E-state index contributed by atoms with van der Waals surface area (Å²) in [6.45, 7) is 1.76. The number of nitrogens with one attached hydrogen (secondary N) is 1. The first kappa shape index (κ1) is 16.5. The Hall–Kier alpha value is -1.36. The van der Waals surface area contributed by atoms with Crippen LogP contribution in [-0.4, -0.2) is 18.5 Å². The summed E-state index contributed by atoms with van der Waals surface area (Å²) in [4.78, 5) is 23.8. The summed E-state index contributed by atoms with van der Waals surface area (Å²) in [5.41, 5.74) is 1.79. The van der Waals surface area contributed by atoms with E-state index in [1.807, 2.05) is 25.1 Å². The van der Waals surface area contributed by atoms with Crippen molar-refractivity contribution in [2.75, 3.05) is 11.9 Å². The first-order valence-electron chi connectivity index (χ1n) is 8.23. The molecule has 0 radical (unpaired) electrons. The number of hydrogen-bond donors (Lipinski definition) is 1. The number of carbonyl (C=O) groups excluding carboxylic acids is 2. The average molecular weight is 380 g/mol. The second kappa shape index (κ2) is 7.04. The topological polar surface area (TPSA) is 55.4 Å². The first-order valence-corrected chi connectivity index (χ1v) is 9.02. The van der Waals surface area contributed by atoms with E-state index in [2.05, 4.69) is 21.2 Å². The Balaban J connectivity index is 1.42. The Morgan fingerprint density at radius 1 is 1.30 bits per heavy atom. The molecule has 1 aromatic carbocycles. The molecule has 1 amide bonds. The predicted molar refractivity (Wildman–Crippen MR) is 92.0 cm³/mol. The smallest absolute Gasteiger partial charge is 0.306 e. The molecule has 4 nitrogen and oxygen atoms in total. The van der Waals surface area contributed by atoms with E-state index in [-0.39, 0.29) is 18.5 Å². The fourth-order valence-corrected chi connectivity index (χ4v) is 4.55. The highest BCUT2D eigenvalue weighted by Gasteiger charge is 2.40. The Kier molecular flexibility index (Phi) is 5.05. The van der Waals surface area contributed by atoms with Crippen molar-refractivity contribution in [2.24, 2.45) is 17.8 Å². The van der Waals surface area contributed by atoms with Gasteiger partial charge in [-0.2, -0.15) is 0 Å². The predicted octanol–water partition coefficient (Wildman–Crippen LogP) is 4.07. The zero-order chi connectivity index (χ0) is 16.4. The van der Waals surface area contributed by atoms with E-state index >= 15 is 0 Å². The second-order valence-electron chi connectivity index (χ2n) is 6.83. The molecule has 0 aliphatic heterocycles. The number of esters is 1. The van der Waals surface area contributed by atoms with Gasteiger partial charge in [0.25, 0.3) is 5.91 Å². The van der Waals surface area contributed by atoms with Gasteiger partial charge in [0.15, 0.2) is 6.61 Å². The van der Waals surface area contributed by atoms with Crippen LogP contribution in [0.25, 0.3) is 0 Å². The van der Waals surface area contributed by atoms with Crippen LogP contribution in [0.5, 0.6) is 0 Å². The van der Waals surface area contributed by atoms with Gasteiger partial charge in [0, 0.05) is 10.9 Å². The number of aryl methyl sites for hydroxylation is 1. The number of benzene rings is 1. The Bertz CT molecular complexity index is 616. The third-order valence-corrected chi connectivity index (χ3v) is 5.73. The van der Waals surface area contributed by atoms with Crippen molar-refractivity contribution in [1.82, 2.24) is 0 Å². The minimum Gasteiger partial charge on any atom is -0.456 e. The lowest BCUT2D eigenvalue weighted by atomic mass is 9.86. The highest BCUT2D eigenvalue weighted by molar-refractivity contribution is 9.10. The fraction of sp³-hybridized carbons (Fsp3) is 0.556. The van der Waals surface area contributed by atoms with E-state index in [1.165, 1.54) is 19.3 Å². The summed E-state index contributed by atoms with van der Waals surface area (Å²) in [7, 11) is 0. The molecule has 0 spiro atoms. The first-order chi connectivity index (χ1) is 11.0. The van der Waals surface area contributed by atoms with E-state index in [1.54, 1.807) is 0 Å². The van der Waals surface area contributed by atoms with Crippen molar-refractivity contribution in [2.45, 2.75) is 39.0 Å². The number of fused-ring (bicyclic) bond motifs is 2. The molecule has 1 N–H and O–H groups in total. The van der Waals surface area contributed by atoms with E-state index in [4.69, 9.17) is 4.74 Å².